The van der Waals surface area contributed by atoms with Crippen molar-refractivity contribution in [1.29, 1.82) is 0 Å². The number of aliphatic hydroxyl groups is 1. The Kier molecular flexibility index (Phi) is 4.34. The SMILES string of the molecule is CS(=O)(=O)N(CCO)C1CCCCC1. The van der Waals surface area contributed by atoms with E-state index in [1.807, 2.05) is 0 Å². The lowest BCUT2D eigenvalue weighted by atomic mass is 9.95. The van der Waals surface area contributed by atoms with Crippen LogP contribution in [0.4, 0.5) is 0 Å². The first kappa shape index (κ1) is 11.9. The van der Waals surface area contributed by atoms with Crippen molar-refractivity contribution in [2.45, 2.75) is 38.1 Å². The van der Waals surface area contributed by atoms with Gasteiger partial charge in [-0.25, -0.2) is 8.42 Å². The maximum atomic E-state index is 11.4. The van der Waals surface area contributed by atoms with Gasteiger partial charge in [-0.1, -0.05) is 19.3 Å². The quantitative estimate of drug-likeness (QED) is 0.755. The number of aliphatic hydroxyl groups excluding tert-OH is 1. The zero-order valence-corrected chi connectivity index (χ0v) is 9.46. The van der Waals surface area contributed by atoms with Crippen molar-refractivity contribution < 1.29 is 13.5 Å². The van der Waals surface area contributed by atoms with E-state index in [0.717, 1.165) is 25.7 Å². The van der Waals surface area contributed by atoms with E-state index in [1.54, 1.807) is 0 Å². The summed E-state index contributed by atoms with van der Waals surface area (Å²) in [4.78, 5) is 0. The number of hydrogen-bond donors (Lipinski definition) is 1. The van der Waals surface area contributed by atoms with Crippen LogP contribution < -0.4 is 0 Å². The van der Waals surface area contributed by atoms with Gasteiger partial charge >= 0.3 is 0 Å². The first-order valence-electron chi connectivity index (χ1n) is 5.13. The molecule has 84 valence electrons. The van der Waals surface area contributed by atoms with Crippen molar-refractivity contribution in [1.82, 2.24) is 4.31 Å². The molecular formula is C9H19NO3S. The summed E-state index contributed by atoms with van der Waals surface area (Å²) in [5, 5.41) is 8.82. The molecule has 0 heterocycles. The summed E-state index contributed by atoms with van der Waals surface area (Å²) in [5.41, 5.74) is 0. The third-order valence-electron chi connectivity index (χ3n) is 2.73. The van der Waals surface area contributed by atoms with Crippen LogP contribution >= 0.6 is 0 Å². The van der Waals surface area contributed by atoms with Crippen LogP contribution in [-0.4, -0.2) is 43.3 Å². The van der Waals surface area contributed by atoms with Gasteiger partial charge in [0.25, 0.3) is 0 Å². The van der Waals surface area contributed by atoms with E-state index in [-0.39, 0.29) is 19.2 Å². The number of hydrogen-bond acceptors (Lipinski definition) is 3. The van der Waals surface area contributed by atoms with Crippen molar-refractivity contribution in [3.8, 4) is 0 Å². The smallest absolute Gasteiger partial charge is 0.211 e. The van der Waals surface area contributed by atoms with E-state index in [9.17, 15) is 8.42 Å². The van der Waals surface area contributed by atoms with Crippen LogP contribution in [0.3, 0.4) is 0 Å². The molecule has 4 nitrogen and oxygen atoms in total. The van der Waals surface area contributed by atoms with Crippen LogP contribution in [-0.2, 0) is 10.0 Å². The summed E-state index contributed by atoms with van der Waals surface area (Å²) < 4.78 is 24.3. The fourth-order valence-corrected chi connectivity index (χ4v) is 3.25. The van der Waals surface area contributed by atoms with Crippen molar-refractivity contribution in [2.24, 2.45) is 0 Å². The van der Waals surface area contributed by atoms with Crippen LogP contribution in [0.1, 0.15) is 32.1 Å². The maximum Gasteiger partial charge on any atom is 0.211 e. The Labute approximate surface area is 86.0 Å². The highest BCUT2D eigenvalue weighted by atomic mass is 32.2. The molecule has 1 aliphatic rings. The lowest BCUT2D eigenvalue weighted by Gasteiger charge is -2.31. The zero-order valence-electron chi connectivity index (χ0n) is 8.65. The van der Waals surface area contributed by atoms with Crippen LogP contribution in [0.15, 0.2) is 0 Å². The Balaban J connectivity index is 2.66. The van der Waals surface area contributed by atoms with Crippen molar-refractivity contribution in [3.05, 3.63) is 0 Å². The molecule has 0 bridgehead atoms. The van der Waals surface area contributed by atoms with Gasteiger partial charge in [-0.3, -0.25) is 0 Å². The third kappa shape index (κ3) is 3.22. The summed E-state index contributed by atoms with van der Waals surface area (Å²) in [6, 6.07) is 0.117. The highest BCUT2D eigenvalue weighted by molar-refractivity contribution is 7.88. The summed E-state index contributed by atoms with van der Waals surface area (Å²) >= 11 is 0. The molecule has 1 saturated carbocycles. The molecule has 14 heavy (non-hydrogen) atoms. The normalized spacial score (nSPS) is 20.2. The molecule has 1 fully saturated rings. The molecule has 1 rings (SSSR count). The van der Waals surface area contributed by atoms with E-state index in [4.69, 9.17) is 5.11 Å². The fourth-order valence-electron chi connectivity index (χ4n) is 2.09. The van der Waals surface area contributed by atoms with Gasteiger partial charge in [0.15, 0.2) is 0 Å². The fraction of sp³-hybridized carbons (Fsp3) is 1.00. The molecule has 0 atom stereocenters. The molecule has 0 saturated heterocycles. The van der Waals surface area contributed by atoms with Gasteiger partial charge in [-0.15, -0.1) is 0 Å². The van der Waals surface area contributed by atoms with E-state index in [2.05, 4.69) is 0 Å². The lowest BCUT2D eigenvalue weighted by Crippen LogP contribution is -2.42. The molecule has 0 amide bonds. The van der Waals surface area contributed by atoms with Crippen LogP contribution in [0.2, 0.25) is 0 Å². The van der Waals surface area contributed by atoms with Crippen LogP contribution in [0.5, 0.6) is 0 Å². The molecule has 1 aliphatic carbocycles. The summed E-state index contributed by atoms with van der Waals surface area (Å²) in [6.07, 6.45) is 6.49. The highest BCUT2D eigenvalue weighted by Gasteiger charge is 2.27. The van der Waals surface area contributed by atoms with Gasteiger partial charge in [0.05, 0.1) is 12.9 Å². The minimum Gasteiger partial charge on any atom is -0.395 e. The highest BCUT2D eigenvalue weighted by Crippen LogP contribution is 2.23. The van der Waals surface area contributed by atoms with Crippen LogP contribution in [0, 0.1) is 0 Å². The van der Waals surface area contributed by atoms with E-state index >= 15 is 0 Å². The average Bonchev–Trinajstić information content (AvgIpc) is 2.14. The second-order valence-corrected chi connectivity index (χ2v) is 5.82. The Morgan fingerprint density at radius 1 is 1.29 bits per heavy atom. The Morgan fingerprint density at radius 2 is 1.86 bits per heavy atom. The molecule has 0 aliphatic heterocycles. The van der Waals surface area contributed by atoms with Gasteiger partial charge in [0.1, 0.15) is 0 Å². The Hall–Kier alpha value is -0.130. The Morgan fingerprint density at radius 3 is 2.29 bits per heavy atom. The maximum absolute atomic E-state index is 11.4. The second-order valence-electron chi connectivity index (χ2n) is 3.89. The van der Waals surface area contributed by atoms with Crippen molar-refractivity contribution >= 4 is 10.0 Å². The molecule has 5 heteroatoms. The summed E-state index contributed by atoms with van der Waals surface area (Å²) in [7, 11) is -3.15. The first-order valence-corrected chi connectivity index (χ1v) is 6.98. The largest absolute Gasteiger partial charge is 0.395 e. The van der Waals surface area contributed by atoms with Gasteiger partial charge in [-0.05, 0) is 12.8 Å². The monoisotopic (exact) mass is 221 g/mol. The van der Waals surface area contributed by atoms with Crippen molar-refractivity contribution in [3.63, 3.8) is 0 Å². The molecule has 0 unspecified atom stereocenters. The lowest BCUT2D eigenvalue weighted by molar-refractivity contribution is 0.200. The molecule has 0 aromatic heterocycles. The minimum atomic E-state index is -3.15. The molecular weight excluding hydrogens is 202 g/mol. The minimum absolute atomic E-state index is 0.0937. The predicted molar refractivity (Wildman–Crippen MR) is 55.5 cm³/mol. The number of rotatable bonds is 4. The van der Waals surface area contributed by atoms with Gasteiger partial charge in [0.2, 0.25) is 10.0 Å². The van der Waals surface area contributed by atoms with E-state index < -0.39 is 10.0 Å². The van der Waals surface area contributed by atoms with E-state index in [0.29, 0.717) is 0 Å². The topological polar surface area (TPSA) is 57.6 Å². The summed E-state index contributed by atoms with van der Waals surface area (Å²) in [6.45, 7) is 0.146. The van der Waals surface area contributed by atoms with Gasteiger partial charge < -0.3 is 5.11 Å². The standard InChI is InChI=1S/C9H19NO3S/c1-14(12,13)10(7-8-11)9-5-3-2-4-6-9/h9,11H,2-8H2,1H3. The zero-order chi connectivity index (χ0) is 10.6. The number of sulfonamides is 1. The first-order chi connectivity index (χ1) is 6.55. The predicted octanol–water partition coefficient (Wildman–Crippen LogP) is 0.573. The van der Waals surface area contributed by atoms with Gasteiger partial charge in [-0.2, -0.15) is 4.31 Å². The molecule has 0 spiro atoms. The van der Waals surface area contributed by atoms with Gasteiger partial charge in [0, 0.05) is 12.6 Å². The number of nitrogens with zero attached hydrogens (tertiary/aromatic N) is 1. The molecule has 0 radical (unpaired) electrons. The van der Waals surface area contributed by atoms with Crippen molar-refractivity contribution in [2.75, 3.05) is 19.4 Å². The third-order valence-corrected chi connectivity index (χ3v) is 4.06. The Bertz CT molecular complexity index is 257. The molecule has 1 N–H and O–H groups in total. The average molecular weight is 221 g/mol. The summed E-state index contributed by atoms with van der Waals surface area (Å²) in [5.74, 6) is 0. The molecule has 0 aromatic carbocycles. The van der Waals surface area contributed by atoms with Crippen LogP contribution in [0.25, 0.3) is 0 Å². The second kappa shape index (κ2) is 5.09. The van der Waals surface area contributed by atoms with E-state index in [1.165, 1.54) is 17.0 Å². The molecule has 0 aromatic rings.